The average Bonchev–Trinajstić information content (AvgIpc) is 2.44. The van der Waals surface area contributed by atoms with E-state index in [9.17, 15) is 9.59 Å². The maximum Gasteiger partial charge on any atom is 0.319 e. The van der Waals surface area contributed by atoms with Crippen molar-refractivity contribution in [3.8, 4) is 0 Å². The highest BCUT2D eigenvalue weighted by molar-refractivity contribution is 5.89. The molecule has 0 radical (unpaired) electrons. The molecule has 1 aromatic rings. The van der Waals surface area contributed by atoms with Gasteiger partial charge >= 0.3 is 12.0 Å². The van der Waals surface area contributed by atoms with Gasteiger partial charge < -0.3 is 15.7 Å². The van der Waals surface area contributed by atoms with E-state index in [1.807, 2.05) is 31.2 Å². The van der Waals surface area contributed by atoms with Gasteiger partial charge in [-0.2, -0.15) is 0 Å². The molecular formula is C15H22N2O3. The van der Waals surface area contributed by atoms with Crippen LogP contribution < -0.4 is 10.6 Å². The summed E-state index contributed by atoms with van der Waals surface area (Å²) in [6.07, 6.45) is 1.75. The predicted octanol–water partition coefficient (Wildman–Crippen LogP) is 2.87. The van der Waals surface area contributed by atoms with Crippen LogP contribution in [0.25, 0.3) is 0 Å². The summed E-state index contributed by atoms with van der Waals surface area (Å²) >= 11 is 0. The highest BCUT2D eigenvalue weighted by Crippen LogP contribution is 2.10. The summed E-state index contributed by atoms with van der Waals surface area (Å²) < 4.78 is 0. The zero-order valence-electron chi connectivity index (χ0n) is 12.0. The van der Waals surface area contributed by atoms with Crippen LogP contribution in [-0.4, -0.2) is 23.7 Å². The van der Waals surface area contributed by atoms with Crippen LogP contribution in [0.4, 0.5) is 10.5 Å². The number of urea groups is 1. The number of carboxylic acids is 1. The van der Waals surface area contributed by atoms with Gasteiger partial charge in [0.1, 0.15) is 0 Å². The van der Waals surface area contributed by atoms with Crippen molar-refractivity contribution in [3.63, 3.8) is 0 Å². The number of carbonyl (C=O) groups excluding carboxylic acids is 1. The lowest BCUT2D eigenvalue weighted by atomic mass is 10.0. The Morgan fingerprint density at radius 3 is 2.35 bits per heavy atom. The molecule has 0 fully saturated rings. The van der Waals surface area contributed by atoms with E-state index in [1.165, 1.54) is 5.56 Å². The number of anilines is 1. The Kier molecular flexibility index (Phi) is 6.56. The van der Waals surface area contributed by atoms with Gasteiger partial charge in [0, 0.05) is 18.7 Å². The number of carbonyl (C=O) groups is 2. The minimum atomic E-state index is -0.839. The molecule has 0 saturated carbocycles. The molecule has 1 rings (SSSR count). The molecule has 0 bridgehead atoms. The quantitative estimate of drug-likeness (QED) is 0.717. The van der Waals surface area contributed by atoms with Gasteiger partial charge in [-0.15, -0.1) is 0 Å². The molecule has 0 aliphatic heterocycles. The van der Waals surface area contributed by atoms with Crippen LogP contribution >= 0.6 is 0 Å². The number of aryl methyl sites for hydroxylation is 1. The number of rotatable bonds is 7. The van der Waals surface area contributed by atoms with E-state index in [-0.39, 0.29) is 18.4 Å². The Balaban J connectivity index is 2.40. The van der Waals surface area contributed by atoms with Crippen molar-refractivity contribution < 1.29 is 14.7 Å². The minimum Gasteiger partial charge on any atom is -0.481 e. The fourth-order valence-corrected chi connectivity index (χ4v) is 1.84. The molecule has 0 saturated heterocycles. The van der Waals surface area contributed by atoms with Gasteiger partial charge in [0.2, 0.25) is 0 Å². The first-order valence-corrected chi connectivity index (χ1v) is 6.90. The van der Waals surface area contributed by atoms with Crippen molar-refractivity contribution in [2.24, 2.45) is 5.92 Å². The molecule has 0 spiro atoms. The van der Waals surface area contributed by atoms with Crippen LogP contribution in [0.15, 0.2) is 24.3 Å². The van der Waals surface area contributed by atoms with Crippen LogP contribution in [-0.2, 0) is 11.2 Å². The predicted molar refractivity (Wildman–Crippen MR) is 78.9 cm³/mol. The lowest BCUT2D eigenvalue weighted by Crippen LogP contribution is -2.33. The summed E-state index contributed by atoms with van der Waals surface area (Å²) in [6.45, 7) is 4.35. The SMILES string of the molecule is CCc1ccc(NC(=O)NCC(CC)CC(=O)O)cc1. The van der Waals surface area contributed by atoms with Crippen molar-refractivity contribution in [1.29, 1.82) is 0 Å². The van der Waals surface area contributed by atoms with E-state index in [2.05, 4.69) is 17.6 Å². The molecule has 0 aliphatic rings. The maximum absolute atomic E-state index is 11.7. The topological polar surface area (TPSA) is 78.4 Å². The monoisotopic (exact) mass is 278 g/mol. The summed E-state index contributed by atoms with van der Waals surface area (Å²) in [5.74, 6) is -0.880. The summed E-state index contributed by atoms with van der Waals surface area (Å²) in [5, 5.41) is 14.2. The van der Waals surface area contributed by atoms with Crippen LogP contribution in [0.1, 0.15) is 32.3 Å². The second kappa shape index (κ2) is 8.19. The fourth-order valence-electron chi connectivity index (χ4n) is 1.84. The van der Waals surface area contributed by atoms with Crippen molar-refractivity contribution in [1.82, 2.24) is 5.32 Å². The summed E-state index contributed by atoms with van der Waals surface area (Å²) in [6, 6.07) is 7.34. The number of aliphatic carboxylic acids is 1. The number of amides is 2. The maximum atomic E-state index is 11.7. The molecule has 3 N–H and O–H groups in total. The summed E-state index contributed by atoms with van der Waals surface area (Å²) in [7, 11) is 0. The first-order valence-electron chi connectivity index (χ1n) is 6.90. The van der Waals surface area contributed by atoms with Gasteiger partial charge in [-0.1, -0.05) is 32.4 Å². The molecule has 0 heterocycles. The Morgan fingerprint density at radius 2 is 1.85 bits per heavy atom. The molecule has 110 valence electrons. The molecule has 20 heavy (non-hydrogen) atoms. The molecule has 5 heteroatoms. The van der Waals surface area contributed by atoms with Crippen molar-refractivity contribution >= 4 is 17.7 Å². The normalized spacial score (nSPS) is 11.7. The third-order valence-corrected chi connectivity index (χ3v) is 3.21. The third kappa shape index (κ3) is 5.73. The van der Waals surface area contributed by atoms with E-state index in [0.717, 1.165) is 18.5 Å². The molecule has 2 amide bonds. The van der Waals surface area contributed by atoms with E-state index in [4.69, 9.17) is 5.11 Å². The zero-order valence-corrected chi connectivity index (χ0v) is 12.0. The molecule has 5 nitrogen and oxygen atoms in total. The van der Waals surface area contributed by atoms with Crippen molar-refractivity contribution in [2.45, 2.75) is 33.1 Å². The van der Waals surface area contributed by atoms with Crippen molar-refractivity contribution in [3.05, 3.63) is 29.8 Å². The molecule has 1 unspecified atom stereocenters. The molecule has 0 aliphatic carbocycles. The van der Waals surface area contributed by atoms with E-state index >= 15 is 0 Å². The molecular weight excluding hydrogens is 256 g/mol. The van der Waals surface area contributed by atoms with Gasteiger partial charge in [-0.05, 0) is 30.0 Å². The number of hydrogen-bond acceptors (Lipinski definition) is 2. The first kappa shape index (κ1) is 16.0. The highest BCUT2D eigenvalue weighted by Gasteiger charge is 2.12. The van der Waals surface area contributed by atoms with Gasteiger partial charge in [-0.25, -0.2) is 4.79 Å². The Bertz CT molecular complexity index is 443. The second-order valence-corrected chi connectivity index (χ2v) is 4.76. The van der Waals surface area contributed by atoms with Crippen LogP contribution in [0.2, 0.25) is 0 Å². The third-order valence-electron chi connectivity index (χ3n) is 3.21. The number of nitrogens with one attached hydrogen (secondary N) is 2. The molecule has 1 aromatic carbocycles. The van der Waals surface area contributed by atoms with Crippen LogP contribution in [0.3, 0.4) is 0 Å². The number of hydrogen-bond donors (Lipinski definition) is 3. The van der Waals surface area contributed by atoms with E-state index < -0.39 is 5.97 Å². The standard InChI is InChI=1S/C15H22N2O3/c1-3-11-5-7-13(8-6-11)17-15(20)16-10-12(4-2)9-14(18)19/h5-8,12H,3-4,9-10H2,1-2H3,(H,18,19)(H2,16,17,20). The van der Waals surface area contributed by atoms with E-state index in [0.29, 0.717) is 6.54 Å². The summed E-state index contributed by atoms with van der Waals surface area (Å²) in [4.78, 5) is 22.3. The zero-order chi connectivity index (χ0) is 15.0. The lowest BCUT2D eigenvalue weighted by molar-refractivity contribution is -0.138. The van der Waals surface area contributed by atoms with Gasteiger partial charge in [0.15, 0.2) is 0 Å². The van der Waals surface area contributed by atoms with Gasteiger partial charge in [0.25, 0.3) is 0 Å². The average molecular weight is 278 g/mol. The molecule has 0 aromatic heterocycles. The first-order chi connectivity index (χ1) is 9.55. The van der Waals surface area contributed by atoms with Gasteiger partial charge in [-0.3, -0.25) is 4.79 Å². The largest absolute Gasteiger partial charge is 0.481 e. The Hall–Kier alpha value is -2.04. The van der Waals surface area contributed by atoms with Crippen LogP contribution in [0.5, 0.6) is 0 Å². The van der Waals surface area contributed by atoms with Crippen LogP contribution in [0, 0.1) is 5.92 Å². The number of benzene rings is 1. The number of carboxylic acid groups (broad SMARTS) is 1. The Labute approximate surface area is 119 Å². The molecule has 1 atom stereocenters. The smallest absolute Gasteiger partial charge is 0.319 e. The Morgan fingerprint density at radius 1 is 1.20 bits per heavy atom. The summed E-state index contributed by atoms with van der Waals surface area (Å²) in [5.41, 5.74) is 1.94. The fraction of sp³-hybridized carbons (Fsp3) is 0.467. The second-order valence-electron chi connectivity index (χ2n) is 4.76. The van der Waals surface area contributed by atoms with Gasteiger partial charge in [0.05, 0.1) is 0 Å². The van der Waals surface area contributed by atoms with E-state index in [1.54, 1.807) is 0 Å². The minimum absolute atomic E-state index is 0.0410. The highest BCUT2D eigenvalue weighted by atomic mass is 16.4. The lowest BCUT2D eigenvalue weighted by Gasteiger charge is -2.14. The van der Waals surface area contributed by atoms with Crippen molar-refractivity contribution in [2.75, 3.05) is 11.9 Å².